The maximum Gasteiger partial charge on any atom is 0.405 e. The summed E-state index contributed by atoms with van der Waals surface area (Å²) in [4.78, 5) is 38.2. The first kappa shape index (κ1) is 31.1. The number of halogens is 4. The number of nitrogens with one attached hydrogen (secondary N) is 1. The molecule has 0 unspecified atom stereocenters. The van der Waals surface area contributed by atoms with Gasteiger partial charge in [-0.05, 0) is 32.0 Å². The van der Waals surface area contributed by atoms with E-state index in [4.69, 9.17) is 21.1 Å². The number of carbonyl (C=O) groups excluding carboxylic acids is 1. The van der Waals surface area contributed by atoms with Gasteiger partial charge in [-0.25, -0.2) is 4.98 Å². The van der Waals surface area contributed by atoms with Crippen LogP contribution in [0.1, 0.15) is 12.0 Å². The highest BCUT2D eigenvalue weighted by Gasteiger charge is 2.28. The van der Waals surface area contributed by atoms with Gasteiger partial charge in [0, 0.05) is 67.1 Å². The second kappa shape index (κ2) is 13.0. The quantitative estimate of drug-likeness (QED) is 0.343. The summed E-state index contributed by atoms with van der Waals surface area (Å²) in [6.45, 7) is 7.31. The van der Waals surface area contributed by atoms with Crippen molar-refractivity contribution < 1.29 is 27.4 Å². The molecule has 1 aliphatic heterocycles. The normalized spacial score (nSPS) is 14.2. The van der Waals surface area contributed by atoms with Crippen LogP contribution in [-0.2, 0) is 11.3 Å². The number of benzene rings is 1. The van der Waals surface area contributed by atoms with Gasteiger partial charge in [0.05, 0.1) is 19.2 Å². The van der Waals surface area contributed by atoms with E-state index in [1.54, 1.807) is 24.0 Å². The van der Waals surface area contributed by atoms with Gasteiger partial charge in [-0.1, -0.05) is 18.2 Å². The van der Waals surface area contributed by atoms with Gasteiger partial charge in [0.15, 0.2) is 0 Å². The van der Waals surface area contributed by atoms with E-state index in [-0.39, 0.29) is 34.6 Å². The van der Waals surface area contributed by atoms with E-state index in [0.717, 1.165) is 0 Å². The molecular weight excluding hydrogens is 577 g/mol. The highest BCUT2D eigenvalue weighted by atomic mass is 35.5. The van der Waals surface area contributed by atoms with Crippen molar-refractivity contribution in [2.45, 2.75) is 26.1 Å². The summed E-state index contributed by atoms with van der Waals surface area (Å²) >= 11 is 6.70. The van der Waals surface area contributed by atoms with Crippen molar-refractivity contribution in [3.05, 3.63) is 51.9 Å². The van der Waals surface area contributed by atoms with Crippen LogP contribution in [0.25, 0.3) is 22.2 Å². The Balaban J connectivity index is 1.73. The van der Waals surface area contributed by atoms with E-state index >= 15 is 0 Å². The molecule has 1 aliphatic rings. The molecule has 1 amide bonds. The molecule has 1 aromatic carbocycles. The largest absolute Gasteiger partial charge is 0.496 e. The zero-order valence-electron chi connectivity index (χ0n) is 23.6. The molecule has 0 atom stereocenters. The number of aryl methyl sites for hydroxylation is 1. The molecule has 14 heteroatoms. The Morgan fingerprint density at radius 3 is 2.45 bits per heavy atom. The number of carbonyl (C=O) groups is 1. The van der Waals surface area contributed by atoms with Gasteiger partial charge in [-0.15, -0.1) is 0 Å². The smallest absolute Gasteiger partial charge is 0.405 e. The number of fused-ring (bicyclic) bond motifs is 1. The van der Waals surface area contributed by atoms with Crippen molar-refractivity contribution in [1.82, 2.24) is 24.3 Å². The summed E-state index contributed by atoms with van der Waals surface area (Å²) in [6, 6.07) is 3.20. The van der Waals surface area contributed by atoms with Crippen LogP contribution in [0.4, 0.5) is 19.1 Å². The Morgan fingerprint density at radius 1 is 1.14 bits per heavy atom. The topological polar surface area (TPSA) is 102 Å². The molecule has 10 nitrogen and oxygen atoms in total. The maximum absolute atomic E-state index is 14.0. The number of rotatable bonds is 10. The molecule has 0 spiro atoms. The second-order valence-corrected chi connectivity index (χ2v) is 10.2. The molecule has 2 aromatic heterocycles. The Hall–Kier alpha value is -3.84. The Bertz CT molecular complexity index is 1510. The van der Waals surface area contributed by atoms with Crippen LogP contribution in [0.15, 0.2) is 35.8 Å². The lowest BCUT2D eigenvalue weighted by Crippen LogP contribution is -2.48. The van der Waals surface area contributed by atoms with Crippen molar-refractivity contribution in [3.63, 3.8) is 0 Å². The van der Waals surface area contributed by atoms with Crippen LogP contribution in [0.2, 0.25) is 5.02 Å². The lowest BCUT2D eigenvalue weighted by molar-refractivity contribution is -0.127. The van der Waals surface area contributed by atoms with Crippen molar-refractivity contribution in [1.29, 1.82) is 0 Å². The number of methoxy groups -OCH3 is 2. The van der Waals surface area contributed by atoms with E-state index in [2.05, 4.69) is 26.8 Å². The average Bonchev–Trinajstić information content (AvgIpc) is 2.97. The summed E-state index contributed by atoms with van der Waals surface area (Å²) in [6.07, 6.45) is -1.26. The second-order valence-electron chi connectivity index (χ2n) is 9.78. The number of ether oxygens (including phenoxy) is 2. The fraction of sp³-hybridized carbons (Fsp3) is 0.429. The molecule has 1 saturated heterocycles. The highest BCUT2D eigenvalue weighted by Crippen LogP contribution is 2.42. The van der Waals surface area contributed by atoms with E-state index in [9.17, 15) is 22.8 Å². The molecular formula is C28H32ClF3N6O4. The Kier molecular flexibility index (Phi) is 9.62. The third kappa shape index (κ3) is 6.79. The molecule has 42 heavy (non-hydrogen) atoms. The van der Waals surface area contributed by atoms with Crippen molar-refractivity contribution in [2.75, 3.05) is 58.8 Å². The predicted octanol–water partition coefficient (Wildman–Crippen LogP) is 4.13. The first-order valence-electron chi connectivity index (χ1n) is 13.2. The van der Waals surface area contributed by atoms with Crippen LogP contribution in [0, 0.1) is 6.92 Å². The molecule has 0 radical (unpaired) electrons. The molecule has 0 aliphatic carbocycles. The summed E-state index contributed by atoms with van der Waals surface area (Å²) < 4.78 is 50.8. The van der Waals surface area contributed by atoms with Gasteiger partial charge in [0.1, 0.15) is 23.7 Å². The van der Waals surface area contributed by atoms with Crippen molar-refractivity contribution >= 4 is 34.5 Å². The van der Waals surface area contributed by atoms with Crippen molar-refractivity contribution in [3.8, 4) is 22.6 Å². The van der Waals surface area contributed by atoms with Crippen molar-refractivity contribution in [2.24, 2.45) is 0 Å². The van der Waals surface area contributed by atoms with Crippen LogP contribution in [0.5, 0.6) is 11.5 Å². The Morgan fingerprint density at radius 2 is 1.83 bits per heavy atom. The first-order valence-corrected chi connectivity index (χ1v) is 13.6. The number of anilines is 1. The number of hydrogen-bond acceptors (Lipinski definition) is 8. The monoisotopic (exact) mass is 608 g/mol. The molecule has 1 N–H and O–H groups in total. The number of nitrogens with zero attached hydrogens (tertiary/aromatic N) is 5. The van der Waals surface area contributed by atoms with Gasteiger partial charge in [-0.3, -0.25) is 19.1 Å². The number of pyridine rings is 1. The zero-order chi connectivity index (χ0) is 30.6. The lowest BCUT2D eigenvalue weighted by Gasteiger charge is -2.34. The number of piperazine rings is 1. The van der Waals surface area contributed by atoms with Crippen LogP contribution < -0.4 is 20.3 Å². The summed E-state index contributed by atoms with van der Waals surface area (Å²) in [5, 5.41) is 2.84. The lowest BCUT2D eigenvalue weighted by atomic mass is 9.99. The maximum atomic E-state index is 14.0. The summed E-state index contributed by atoms with van der Waals surface area (Å²) in [5.74, 6) is 0.426. The molecule has 226 valence electrons. The number of amides is 1. The fourth-order valence-electron chi connectivity index (χ4n) is 4.97. The number of alkyl halides is 3. The van der Waals surface area contributed by atoms with Gasteiger partial charge in [-0.2, -0.15) is 18.2 Å². The van der Waals surface area contributed by atoms with E-state index in [0.29, 0.717) is 67.2 Å². The molecule has 3 aromatic rings. The SMILES string of the molecule is C=CC(=O)N1CCN(CCCn2c(=O)c(-c3c(C)c(OC)cc(OC)c3Cl)cc3cnc(NCC(F)(F)F)nc32)CC1. The molecule has 1 fully saturated rings. The standard InChI is InChI=1S/C28H32ClF3N6O4/c1-5-22(39)37-11-9-36(10-12-37)7-6-8-38-25-18(15-33-27(35-25)34-16-28(30,31)32)13-19(26(38)40)23-17(2)20(41-3)14-21(42-4)24(23)29/h5,13-15H,1,6-12,16H2,2-4H3,(H,33,34,35). The minimum absolute atomic E-state index is 0.109. The van der Waals surface area contributed by atoms with Gasteiger partial charge >= 0.3 is 6.18 Å². The molecule has 3 heterocycles. The fourth-order valence-corrected chi connectivity index (χ4v) is 5.34. The molecule has 0 saturated carbocycles. The minimum atomic E-state index is -4.47. The summed E-state index contributed by atoms with van der Waals surface area (Å²) in [7, 11) is 2.95. The summed E-state index contributed by atoms with van der Waals surface area (Å²) in [5.41, 5.74) is 1.04. The van der Waals surface area contributed by atoms with Crippen LogP contribution in [0.3, 0.4) is 0 Å². The number of hydrogen-bond donors (Lipinski definition) is 1. The highest BCUT2D eigenvalue weighted by molar-refractivity contribution is 6.35. The van der Waals surface area contributed by atoms with E-state index in [1.807, 2.05) is 0 Å². The molecule has 4 rings (SSSR count). The minimum Gasteiger partial charge on any atom is -0.496 e. The zero-order valence-corrected chi connectivity index (χ0v) is 24.3. The van der Waals surface area contributed by atoms with E-state index < -0.39 is 18.3 Å². The van der Waals surface area contributed by atoms with Crippen LogP contribution >= 0.6 is 11.6 Å². The third-order valence-electron chi connectivity index (χ3n) is 7.14. The van der Waals surface area contributed by atoms with Gasteiger partial charge < -0.3 is 19.7 Å². The van der Waals surface area contributed by atoms with E-state index in [1.165, 1.54) is 31.1 Å². The number of aromatic nitrogens is 3. The van der Waals surface area contributed by atoms with Gasteiger partial charge in [0.2, 0.25) is 11.9 Å². The Labute approximate surface area is 245 Å². The third-order valence-corrected chi connectivity index (χ3v) is 7.52. The first-order chi connectivity index (χ1) is 20.0. The average molecular weight is 609 g/mol. The van der Waals surface area contributed by atoms with Gasteiger partial charge in [0.25, 0.3) is 5.56 Å². The predicted molar refractivity (Wildman–Crippen MR) is 154 cm³/mol. The van der Waals surface area contributed by atoms with Crippen LogP contribution in [-0.4, -0.2) is 89.9 Å². The molecule has 0 bridgehead atoms.